The van der Waals surface area contributed by atoms with Crippen molar-refractivity contribution in [3.63, 3.8) is 0 Å². The van der Waals surface area contributed by atoms with E-state index in [2.05, 4.69) is 101 Å². The minimum absolute atomic E-state index is 0.0562. The number of hydrogen-bond donors (Lipinski definition) is 1. The van der Waals surface area contributed by atoms with Crippen LogP contribution < -0.4 is 5.32 Å². The zero-order valence-corrected chi connectivity index (χ0v) is 20.5. The van der Waals surface area contributed by atoms with Gasteiger partial charge < -0.3 is 5.32 Å². The van der Waals surface area contributed by atoms with Crippen LogP contribution in [-0.2, 0) is 6.42 Å². The van der Waals surface area contributed by atoms with Gasteiger partial charge in [0, 0.05) is 24.6 Å². The molecule has 2 nitrogen and oxygen atoms in total. The summed E-state index contributed by atoms with van der Waals surface area (Å²) < 4.78 is 0. The number of nitrogens with one attached hydrogen (secondary N) is 1. The van der Waals surface area contributed by atoms with E-state index in [1.165, 1.54) is 16.7 Å². The van der Waals surface area contributed by atoms with Gasteiger partial charge in [-0.25, -0.2) is 0 Å². The van der Waals surface area contributed by atoms with Crippen molar-refractivity contribution < 1.29 is 0 Å². The van der Waals surface area contributed by atoms with Gasteiger partial charge in [0.05, 0.1) is 18.2 Å². The Kier molecular flexibility index (Phi) is 10.8. The van der Waals surface area contributed by atoms with Gasteiger partial charge in [0.2, 0.25) is 0 Å². The highest BCUT2D eigenvalue weighted by Gasteiger charge is 2.08. The van der Waals surface area contributed by atoms with Crippen LogP contribution in [0.15, 0.2) is 59.1 Å². The molecule has 0 amide bonds. The smallest absolute Gasteiger partial charge is 0.0733 e. The third kappa shape index (κ3) is 8.74. The summed E-state index contributed by atoms with van der Waals surface area (Å²) in [4.78, 5) is 4.76. The molecule has 0 saturated heterocycles. The molecule has 0 radical (unpaired) electrons. The number of allylic oxidation sites excluding steroid dienone is 5. The van der Waals surface area contributed by atoms with Crippen molar-refractivity contribution in [1.29, 1.82) is 0 Å². The predicted octanol–water partition coefficient (Wildman–Crippen LogP) is 6.74. The molecule has 1 aromatic rings. The molecule has 1 aromatic carbocycles. The second-order valence-corrected chi connectivity index (χ2v) is 8.60. The maximum atomic E-state index is 4.76. The first-order valence-corrected chi connectivity index (χ1v) is 11.8. The molecule has 0 saturated carbocycles. The Morgan fingerprint density at radius 3 is 2.81 bits per heavy atom. The number of hydrogen-bond acceptors (Lipinski definition) is 2. The van der Waals surface area contributed by atoms with Crippen LogP contribution in [0.2, 0.25) is 0 Å². The Morgan fingerprint density at radius 1 is 1.31 bits per heavy atom. The van der Waals surface area contributed by atoms with Crippen LogP contribution in [0.3, 0.4) is 0 Å². The SMILES string of the molecule is C=CC(C#CCNC(C)C)C=Nc1cc(CC2=CC(CC)C#CCC(CC)=C2)ccc1C. The summed E-state index contributed by atoms with van der Waals surface area (Å²) in [5.74, 6) is 13.4. The van der Waals surface area contributed by atoms with Crippen molar-refractivity contribution in [1.82, 2.24) is 5.32 Å². The molecular formula is C30H38N2. The Balaban J connectivity index is 2.20. The first-order valence-electron chi connectivity index (χ1n) is 11.8. The lowest BCUT2D eigenvalue weighted by Gasteiger charge is -2.12. The largest absolute Gasteiger partial charge is 0.304 e. The van der Waals surface area contributed by atoms with Crippen LogP contribution in [0.5, 0.6) is 0 Å². The van der Waals surface area contributed by atoms with Crippen molar-refractivity contribution in [3.8, 4) is 23.7 Å². The van der Waals surface area contributed by atoms with Crippen molar-refractivity contribution in [3.05, 3.63) is 65.3 Å². The van der Waals surface area contributed by atoms with Gasteiger partial charge in [-0.3, -0.25) is 4.99 Å². The van der Waals surface area contributed by atoms with E-state index in [-0.39, 0.29) is 5.92 Å². The van der Waals surface area contributed by atoms with Gasteiger partial charge in [-0.1, -0.05) is 73.5 Å². The summed E-state index contributed by atoms with van der Waals surface area (Å²) in [7, 11) is 0. The van der Waals surface area contributed by atoms with E-state index < -0.39 is 0 Å². The molecule has 2 atom stereocenters. The summed E-state index contributed by atoms with van der Waals surface area (Å²) in [5.41, 5.74) is 6.19. The number of aryl methyl sites for hydroxylation is 1. The van der Waals surface area contributed by atoms with E-state index in [4.69, 9.17) is 4.99 Å². The molecule has 0 fully saturated rings. The van der Waals surface area contributed by atoms with E-state index in [0.717, 1.165) is 36.9 Å². The quantitative estimate of drug-likeness (QED) is 0.264. The summed E-state index contributed by atoms with van der Waals surface area (Å²) in [6.07, 6.45) is 12.3. The van der Waals surface area contributed by atoms with E-state index in [1.807, 2.05) is 12.3 Å². The Morgan fingerprint density at radius 2 is 2.12 bits per heavy atom. The third-order valence-corrected chi connectivity index (χ3v) is 5.48. The molecule has 0 bridgehead atoms. The van der Waals surface area contributed by atoms with Gasteiger partial charge >= 0.3 is 0 Å². The normalized spacial score (nSPS) is 16.8. The first kappa shape index (κ1) is 25.5. The maximum Gasteiger partial charge on any atom is 0.0733 e. The van der Waals surface area contributed by atoms with Crippen molar-refractivity contribution in [2.45, 2.75) is 66.3 Å². The lowest BCUT2D eigenvalue weighted by molar-refractivity contribution is 0.638. The molecule has 0 spiro atoms. The fourth-order valence-electron chi connectivity index (χ4n) is 3.40. The van der Waals surface area contributed by atoms with Crippen molar-refractivity contribution in [2.24, 2.45) is 16.8 Å². The van der Waals surface area contributed by atoms with Crippen LogP contribution in [-0.4, -0.2) is 18.8 Å². The number of benzene rings is 1. The highest BCUT2D eigenvalue weighted by molar-refractivity contribution is 5.72. The number of aliphatic imine (C=N–C) groups is 1. The second-order valence-electron chi connectivity index (χ2n) is 8.60. The molecular weight excluding hydrogens is 388 g/mol. The molecule has 1 aliphatic rings. The molecule has 2 unspecified atom stereocenters. The highest BCUT2D eigenvalue weighted by atomic mass is 14.9. The molecule has 1 N–H and O–H groups in total. The van der Waals surface area contributed by atoms with Crippen LogP contribution >= 0.6 is 0 Å². The molecule has 0 heterocycles. The van der Waals surface area contributed by atoms with Gasteiger partial charge in [0.15, 0.2) is 0 Å². The van der Waals surface area contributed by atoms with Crippen LogP contribution in [0, 0.1) is 42.4 Å². The topological polar surface area (TPSA) is 24.4 Å². The van der Waals surface area contributed by atoms with Crippen LogP contribution in [0.1, 0.15) is 58.1 Å². The molecule has 168 valence electrons. The van der Waals surface area contributed by atoms with Crippen molar-refractivity contribution in [2.75, 3.05) is 6.54 Å². The molecule has 0 aromatic heterocycles. The van der Waals surface area contributed by atoms with Crippen molar-refractivity contribution >= 4 is 11.9 Å². The van der Waals surface area contributed by atoms with Gasteiger partial charge in [0.25, 0.3) is 0 Å². The average molecular weight is 427 g/mol. The fourth-order valence-corrected chi connectivity index (χ4v) is 3.40. The number of rotatable bonds is 9. The standard InChI is InChI=1S/C30H38N2/c1-7-25-12-10-13-26(8-2)19-29(18-25)20-28-16-15-24(6)30(21-28)32-22-27(9-3)14-11-17-31-23(4)5/h9,15-16,18-19,21-23,26-27,31H,3,7-8,12,17,20H2,1-2,4-6H3. The summed E-state index contributed by atoms with van der Waals surface area (Å²) >= 11 is 0. The lowest BCUT2D eigenvalue weighted by Crippen LogP contribution is -2.22. The molecule has 2 rings (SSSR count). The first-order chi connectivity index (χ1) is 15.4. The predicted molar refractivity (Wildman–Crippen MR) is 140 cm³/mol. The van der Waals surface area contributed by atoms with Crippen LogP contribution in [0.25, 0.3) is 0 Å². The Labute approximate surface area is 196 Å². The average Bonchev–Trinajstić information content (AvgIpc) is 2.76. The van der Waals surface area contributed by atoms with Crippen LogP contribution in [0.4, 0.5) is 5.69 Å². The van der Waals surface area contributed by atoms with E-state index in [1.54, 1.807) is 0 Å². The summed E-state index contributed by atoms with van der Waals surface area (Å²) in [6, 6.07) is 7.00. The van der Waals surface area contributed by atoms with Gasteiger partial charge in [-0.05, 0) is 62.8 Å². The van der Waals surface area contributed by atoms with E-state index in [0.29, 0.717) is 18.5 Å². The van der Waals surface area contributed by atoms with Gasteiger partial charge in [0.1, 0.15) is 0 Å². The zero-order chi connectivity index (χ0) is 23.3. The monoisotopic (exact) mass is 426 g/mol. The molecule has 32 heavy (non-hydrogen) atoms. The third-order valence-electron chi connectivity index (χ3n) is 5.48. The fraction of sp³-hybridized carbons (Fsp3) is 0.433. The minimum atomic E-state index is -0.0562. The van der Waals surface area contributed by atoms with Gasteiger partial charge in [-0.15, -0.1) is 6.58 Å². The number of nitrogens with zero attached hydrogens (tertiary/aromatic N) is 1. The summed E-state index contributed by atoms with van der Waals surface area (Å²) in [6.45, 7) is 15.3. The Hall–Kier alpha value is -2.81. The second kappa shape index (κ2) is 13.6. The minimum Gasteiger partial charge on any atom is -0.304 e. The van der Waals surface area contributed by atoms with E-state index in [9.17, 15) is 0 Å². The zero-order valence-electron chi connectivity index (χ0n) is 20.5. The Bertz CT molecular complexity index is 983. The molecule has 1 aliphatic carbocycles. The highest BCUT2D eigenvalue weighted by Crippen LogP contribution is 2.25. The maximum absolute atomic E-state index is 4.76. The molecule has 2 heteroatoms. The van der Waals surface area contributed by atoms with Gasteiger partial charge in [-0.2, -0.15) is 0 Å². The summed E-state index contributed by atoms with van der Waals surface area (Å²) in [5, 5.41) is 3.31. The van der Waals surface area contributed by atoms with E-state index >= 15 is 0 Å². The lowest BCUT2D eigenvalue weighted by atomic mass is 9.93. The molecule has 0 aliphatic heterocycles.